The van der Waals surface area contributed by atoms with Crippen LogP contribution in [0.5, 0.6) is 0 Å². The summed E-state index contributed by atoms with van der Waals surface area (Å²) in [5.41, 5.74) is 3.85. The number of nitrogens with one attached hydrogen (secondary N) is 1. The third-order valence-corrected chi connectivity index (χ3v) is 5.92. The summed E-state index contributed by atoms with van der Waals surface area (Å²) >= 11 is 12.1. The van der Waals surface area contributed by atoms with Crippen LogP contribution in [0.4, 0.5) is 5.69 Å². The van der Waals surface area contributed by atoms with Crippen LogP contribution in [-0.4, -0.2) is 48.4 Å². The molecule has 0 bridgehead atoms. The van der Waals surface area contributed by atoms with Crippen molar-refractivity contribution in [3.8, 4) is 0 Å². The van der Waals surface area contributed by atoms with E-state index in [1.54, 1.807) is 0 Å². The molecule has 1 aromatic heterocycles. The van der Waals surface area contributed by atoms with Crippen molar-refractivity contribution >= 4 is 45.6 Å². The number of hydrogen-bond donors (Lipinski definition) is 1. The van der Waals surface area contributed by atoms with Gasteiger partial charge in [0.15, 0.2) is 5.78 Å². The highest BCUT2D eigenvalue weighted by molar-refractivity contribution is 6.42. The molecule has 0 atom stereocenters. The van der Waals surface area contributed by atoms with E-state index in [1.807, 2.05) is 49.4 Å². The molecule has 4 nitrogen and oxygen atoms in total. The second-order valence-electron chi connectivity index (χ2n) is 6.96. The number of carbonyl (C=O) groups excluding carboxylic acids is 1. The number of hydrogen-bond acceptors (Lipinski definition) is 3. The van der Waals surface area contributed by atoms with E-state index in [9.17, 15) is 4.79 Å². The molecule has 0 unspecified atom stereocenters. The largest absolute Gasteiger partial charge is 0.369 e. The number of H-pyrrole nitrogens is 1. The van der Waals surface area contributed by atoms with Crippen LogP contribution in [0.1, 0.15) is 16.1 Å². The van der Waals surface area contributed by atoms with Crippen molar-refractivity contribution in [2.75, 3.05) is 37.6 Å². The number of para-hydroxylation sites is 1. The van der Waals surface area contributed by atoms with Crippen LogP contribution in [0.15, 0.2) is 42.5 Å². The highest BCUT2D eigenvalue weighted by Gasteiger charge is 2.22. The molecule has 0 aliphatic carbocycles. The third kappa shape index (κ3) is 3.70. The summed E-state index contributed by atoms with van der Waals surface area (Å²) in [6.45, 7) is 5.81. The molecular weight excluding hydrogens is 381 g/mol. The first-order valence-corrected chi connectivity index (χ1v) is 9.81. The number of rotatable bonds is 4. The van der Waals surface area contributed by atoms with Gasteiger partial charge in [-0.05, 0) is 31.2 Å². The van der Waals surface area contributed by atoms with Gasteiger partial charge in [-0.1, -0.05) is 41.4 Å². The molecule has 1 saturated heterocycles. The molecule has 2 aromatic carbocycles. The number of aromatic amines is 1. The minimum absolute atomic E-state index is 0.174. The SMILES string of the molecule is Cc1[nH]c2ccccc2c1C(=O)CN1CCN(c2ccc(Cl)c(Cl)c2)CC1. The minimum Gasteiger partial charge on any atom is -0.369 e. The van der Waals surface area contributed by atoms with E-state index in [-0.39, 0.29) is 5.78 Å². The Hall–Kier alpha value is -2.01. The van der Waals surface area contributed by atoms with Gasteiger partial charge in [0.25, 0.3) is 0 Å². The number of aryl methyl sites for hydroxylation is 1. The van der Waals surface area contributed by atoms with Gasteiger partial charge in [-0.15, -0.1) is 0 Å². The van der Waals surface area contributed by atoms with Crippen LogP contribution in [0.3, 0.4) is 0 Å². The van der Waals surface area contributed by atoms with E-state index in [0.29, 0.717) is 16.6 Å². The van der Waals surface area contributed by atoms with Crippen LogP contribution < -0.4 is 4.90 Å². The number of aromatic nitrogens is 1. The lowest BCUT2D eigenvalue weighted by Gasteiger charge is -2.35. The first-order valence-electron chi connectivity index (χ1n) is 9.06. The van der Waals surface area contributed by atoms with E-state index in [4.69, 9.17) is 23.2 Å². The van der Waals surface area contributed by atoms with Gasteiger partial charge in [0.1, 0.15) is 0 Å². The molecule has 27 heavy (non-hydrogen) atoms. The van der Waals surface area contributed by atoms with E-state index in [1.165, 1.54) is 0 Å². The van der Waals surface area contributed by atoms with Gasteiger partial charge < -0.3 is 9.88 Å². The number of nitrogens with zero attached hydrogens (tertiary/aromatic N) is 2. The van der Waals surface area contributed by atoms with E-state index < -0.39 is 0 Å². The average Bonchev–Trinajstić information content (AvgIpc) is 3.00. The molecule has 140 valence electrons. The van der Waals surface area contributed by atoms with Crippen molar-refractivity contribution in [1.29, 1.82) is 0 Å². The summed E-state index contributed by atoms with van der Waals surface area (Å²) in [5, 5.41) is 2.15. The minimum atomic E-state index is 0.174. The molecule has 1 fully saturated rings. The lowest BCUT2D eigenvalue weighted by molar-refractivity contribution is 0.0927. The quantitative estimate of drug-likeness (QED) is 0.638. The number of Topliss-reactive ketones (excluding diaryl/α,β-unsaturated/α-hetero) is 1. The van der Waals surface area contributed by atoms with E-state index >= 15 is 0 Å². The first kappa shape index (κ1) is 18.4. The molecule has 1 N–H and O–H groups in total. The molecule has 0 saturated carbocycles. The highest BCUT2D eigenvalue weighted by atomic mass is 35.5. The predicted molar refractivity (Wildman–Crippen MR) is 112 cm³/mol. The Bertz CT molecular complexity index is 990. The number of fused-ring (bicyclic) bond motifs is 1. The number of benzene rings is 2. The van der Waals surface area contributed by atoms with Crippen molar-refractivity contribution in [2.45, 2.75) is 6.92 Å². The van der Waals surface area contributed by atoms with Crippen molar-refractivity contribution in [2.24, 2.45) is 0 Å². The monoisotopic (exact) mass is 401 g/mol. The van der Waals surface area contributed by atoms with Crippen molar-refractivity contribution in [3.05, 3.63) is 63.8 Å². The van der Waals surface area contributed by atoms with Crippen LogP contribution in [-0.2, 0) is 0 Å². The summed E-state index contributed by atoms with van der Waals surface area (Å²) in [4.78, 5) is 20.7. The van der Waals surface area contributed by atoms with E-state index in [0.717, 1.165) is 54.0 Å². The number of piperazine rings is 1. The van der Waals surface area contributed by atoms with Crippen molar-refractivity contribution < 1.29 is 4.79 Å². The van der Waals surface area contributed by atoms with Crippen LogP contribution >= 0.6 is 23.2 Å². The summed E-state index contributed by atoms with van der Waals surface area (Å²) in [5.74, 6) is 0.174. The zero-order valence-corrected chi connectivity index (χ0v) is 16.6. The summed E-state index contributed by atoms with van der Waals surface area (Å²) < 4.78 is 0. The topological polar surface area (TPSA) is 39.3 Å². The normalized spacial score (nSPS) is 15.4. The smallest absolute Gasteiger partial charge is 0.179 e. The molecule has 6 heteroatoms. The maximum Gasteiger partial charge on any atom is 0.179 e. The number of anilines is 1. The van der Waals surface area contributed by atoms with Gasteiger partial charge in [-0.3, -0.25) is 9.69 Å². The maximum absolute atomic E-state index is 12.9. The van der Waals surface area contributed by atoms with Crippen LogP contribution in [0, 0.1) is 6.92 Å². The number of carbonyl (C=O) groups is 1. The average molecular weight is 402 g/mol. The Labute approximate surface area is 168 Å². The first-order chi connectivity index (χ1) is 13.0. The zero-order chi connectivity index (χ0) is 19.0. The zero-order valence-electron chi connectivity index (χ0n) is 15.1. The van der Waals surface area contributed by atoms with Crippen LogP contribution in [0.2, 0.25) is 10.0 Å². The Morgan fingerprint density at radius 1 is 1.04 bits per heavy atom. The fourth-order valence-electron chi connectivity index (χ4n) is 3.76. The fourth-order valence-corrected chi connectivity index (χ4v) is 4.06. The maximum atomic E-state index is 12.9. The summed E-state index contributed by atoms with van der Waals surface area (Å²) in [6.07, 6.45) is 0. The lowest BCUT2D eigenvalue weighted by Crippen LogP contribution is -2.48. The van der Waals surface area contributed by atoms with Gasteiger partial charge in [0.2, 0.25) is 0 Å². The van der Waals surface area contributed by atoms with Crippen molar-refractivity contribution in [3.63, 3.8) is 0 Å². The molecule has 0 spiro atoms. The van der Waals surface area contributed by atoms with E-state index in [2.05, 4.69) is 14.8 Å². The lowest BCUT2D eigenvalue weighted by atomic mass is 10.1. The van der Waals surface area contributed by atoms with Gasteiger partial charge in [-0.25, -0.2) is 0 Å². The molecular formula is C21H21Cl2N3O. The molecule has 0 amide bonds. The Balaban J connectivity index is 1.42. The summed E-state index contributed by atoms with van der Waals surface area (Å²) in [6, 6.07) is 13.7. The van der Waals surface area contributed by atoms with Gasteiger partial charge in [0.05, 0.1) is 16.6 Å². The van der Waals surface area contributed by atoms with Crippen LogP contribution in [0.25, 0.3) is 10.9 Å². The molecule has 0 radical (unpaired) electrons. The second-order valence-corrected chi connectivity index (χ2v) is 7.77. The number of ketones is 1. The fraction of sp³-hybridized carbons (Fsp3) is 0.286. The molecule has 2 heterocycles. The molecule has 1 aliphatic heterocycles. The predicted octanol–water partition coefficient (Wildman–Crippen LogP) is 4.79. The summed E-state index contributed by atoms with van der Waals surface area (Å²) in [7, 11) is 0. The number of halogens is 2. The van der Waals surface area contributed by atoms with Gasteiger partial charge in [0, 0.05) is 54.0 Å². The Kier molecular flexibility index (Phi) is 5.13. The van der Waals surface area contributed by atoms with Gasteiger partial charge >= 0.3 is 0 Å². The Morgan fingerprint density at radius 2 is 1.78 bits per heavy atom. The second kappa shape index (κ2) is 7.55. The molecule has 4 rings (SSSR count). The standard InChI is InChI=1S/C21H21Cl2N3O/c1-14-21(16-4-2-3-5-19(16)24-14)20(27)13-25-8-10-26(11-9-25)15-6-7-17(22)18(23)12-15/h2-7,12,24H,8-11,13H2,1H3. The molecule has 1 aliphatic rings. The highest BCUT2D eigenvalue weighted by Crippen LogP contribution is 2.28. The van der Waals surface area contributed by atoms with Gasteiger partial charge in [-0.2, -0.15) is 0 Å². The Morgan fingerprint density at radius 3 is 2.52 bits per heavy atom. The van der Waals surface area contributed by atoms with Crippen molar-refractivity contribution in [1.82, 2.24) is 9.88 Å². The third-order valence-electron chi connectivity index (χ3n) is 5.18. The molecule has 3 aromatic rings.